The second kappa shape index (κ2) is 8.32. The average Bonchev–Trinajstić information content (AvgIpc) is 2.55. The van der Waals surface area contributed by atoms with Crippen molar-refractivity contribution >= 4 is 11.6 Å². The number of rotatable bonds is 7. The summed E-state index contributed by atoms with van der Waals surface area (Å²) < 4.78 is 0. The summed E-state index contributed by atoms with van der Waals surface area (Å²) in [5.41, 5.74) is 2.40. The monoisotopic (exact) mass is 335 g/mol. The zero-order chi connectivity index (χ0) is 16.9. The Hall–Kier alpha value is -0.830. The Bertz CT molecular complexity index is 520. The summed E-state index contributed by atoms with van der Waals surface area (Å²) in [5.74, 6) is 0. The van der Waals surface area contributed by atoms with E-state index < -0.39 is 0 Å². The maximum Gasteiger partial charge on any atom is 0.0491 e. The van der Waals surface area contributed by atoms with Crippen molar-refractivity contribution in [2.75, 3.05) is 19.7 Å². The van der Waals surface area contributed by atoms with Gasteiger partial charge in [0.25, 0.3) is 0 Å². The Balaban J connectivity index is 1.94. The van der Waals surface area contributed by atoms with Gasteiger partial charge in [0, 0.05) is 17.7 Å². The first kappa shape index (κ1) is 18.5. The van der Waals surface area contributed by atoms with Crippen molar-refractivity contribution in [1.29, 1.82) is 0 Å². The third-order valence-corrected chi connectivity index (χ3v) is 5.70. The second-order valence-corrected chi connectivity index (χ2v) is 7.71. The number of hydrogen-bond donors (Lipinski definition) is 1. The summed E-state index contributed by atoms with van der Waals surface area (Å²) in [7, 11) is 0. The van der Waals surface area contributed by atoms with Crippen molar-refractivity contribution in [1.82, 2.24) is 4.90 Å². The third-order valence-electron chi connectivity index (χ3n) is 5.33. The zero-order valence-electron chi connectivity index (χ0n) is 14.5. The number of nitrogens with zero attached hydrogens (tertiary/aromatic N) is 1. The highest BCUT2D eigenvalue weighted by atomic mass is 35.5. The van der Waals surface area contributed by atoms with E-state index in [-0.39, 0.29) is 12.0 Å². The second-order valence-electron chi connectivity index (χ2n) is 7.31. The average molecular weight is 336 g/mol. The van der Waals surface area contributed by atoms with Crippen LogP contribution in [0.3, 0.4) is 0 Å². The van der Waals surface area contributed by atoms with Crippen LogP contribution in [-0.2, 0) is 6.42 Å². The van der Waals surface area contributed by atoms with Gasteiger partial charge in [-0.05, 0) is 76.1 Å². The van der Waals surface area contributed by atoms with E-state index in [1.165, 1.54) is 12.0 Å². The maximum absolute atomic E-state index is 10.0. The Kier molecular flexibility index (Phi) is 6.70. The van der Waals surface area contributed by atoms with Crippen LogP contribution in [0.2, 0.25) is 5.02 Å². The molecule has 0 saturated carbocycles. The Labute approximate surface area is 146 Å². The standard InChI is InChI=1S/C20H30ClNO/c1-16(2)8-9-17(3)22-12-10-20(15-23,11-13-22)14-18-6-4-5-7-19(18)21/h4-7,17,23H,1,8-15H2,2-3H3. The summed E-state index contributed by atoms with van der Waals surface area (Å²) >= 11 is 6.31. The summed E-state index contributed by atoms with van der Waals surface area (Å²) in [5, 5.41) is 10.8. The molecule has 2 rings (SSSR count). The Morgan fingerprint density at radius 1 is 1.35 bits per heavy atom. The van der Waals surface area contributed by atoms with Crippen molar-refractivity contribution in [3.8, 4) is 0 Å². The number of hydrogen-bond acceptors (Lipinski definition) is 2. The minimum Gasteiger partial charge on any atom is -0.396 e. The van der Waals surface area contributed by atoms with E-state index in [9.17, 15) is 5.11 Å². The van der Waals surface area contributed by atoms with Gasteiger partial charge in [-0.1, -0.05) is 35.4 Å². The summed E-state index contributed by atoms with van der Waals surface area (Å²) in [4.78, 5) is 2.56. The van der Waals surface area contributed by atoms with E-state index in [1.54, 1.807) is 0 Å². The van der Waals surface area contributed by atoms with Crippen molar-refractivity contribution in [3.63, 3.8) is 0 Å². The van der Waals surface area contributed by atoms with Crippen molar-refractivity contribution in [2.45, 2.75) is 52.0 Å². The van der Waals surface area contributed by atoms with Crippen LogP contribution in [-0.4, -0.2) is 35.7 Å². The molecule has 1 fully saturated rings. The van der Waals surface area contributed by atoms with Crippen molar-refractivity contribution < 1.29 is 5.11 Å². The van der Waals surface area contributed by atoms with E-state index >= 15 is 0 Å². The van der Waals surface area contributed by atoms with Crippen molar-refractivity contribution in [3.05, 3.63) is 47.0 Å². The highest BCUT2D eigenvalue weighted by molar-refractivity contribution is 6.31. The number of allylic oxidation sites excluding steroid dienone is 1. The molecule has 1 aromatic rings. The predicted molar refractivity (Wildman–Crippen MR) is 99.0 cm³/mol. The summed E-state index contributed by atoms with van der Waals surface area (Å²) in [6, 6.07) is 8.60. The lowest BCUT2D eigenvalue weighted by Gasteiger charge is -2.43. The van der Waals surface area contributed by atoms with Gasteiger partial charge in [-0.15, -0.1) is 6.58 Å². The minimum atomic E-state index is -0.0183. The lowest BCUT2D eigenvalue weighted by atomic mass is 9.74. The van der Waals surface area contributed by atoms with Crippen LogP contribution in [0, 0.1) is 5.41 Å². The minimum absolute atomic E-state index is 0.0183. The predicted octanol–water partition coefficient (Wildman–Crippen LogP) is 4.70. The molecular formula is C20H30ClNO. The number of likely N-dealkylation sites (tertiary alicyclic amines) is 1. The van der Waals surface area contributed by atoms with Crippen LogP contribution < -0.4 is 0 Å². The third kappa shape index (κ3) is 5.07. The molecule has 1 aliphatic rings. The molecule has 0 aliphatic carbocycles. The number of halogens is 1. The first-order valence-electron chi connectivity index (χ1n) is 8.68. The zero-order valence-corrected chi connectivity index (χ0v) is 15.3. The topological polar surface area (TPSA) is 23.5 Å². The summed E-state index contributed by atoms with van der Waals surface area (Å²) in [6.45, 7) is 10.8. The molecular weight excluding hydrogens is 306 g/mol. The van der Waals surface area contributed by atoms with Crippen LogP contribution in [0.25, 0.3) is 0 Å². The molecule has 0 aromatic heterocycles. The van der Waals surface area contributed by atoms with Crippen LogP contribution >= 0.6 is 11.6 Å². The Morgan fingerprint density at radius 3 is 2.57 bits per heavy atom. The molecule has 1 aliphatic heterocycles. The fourth-order valence-electron chi connectivity index (χ4n) is 3.51. The SMILES string of the molecule is C=C(C)CCC(C)N1CCC(CO)(Cc2ccccc2Cl)CC1. The van der Waals surface area contributed by atoms with Crippen LogP contribution in [0.1, 0.15) is 45.1 Å². The van der Waals surface area contributed by atoms with Gasteiger partial charge in [0.2, 0.25) is 0 Å². The van der Waals surface area contributed by atoms with Gasteiger partial charge in [0.1, 0.15) is 0 Å². The van der Waals surface area contributed by atoms with Crippen LogP contribution in [0.4, 0.5) is 0 Å². The van der Waals surface area contributed by atoms with Gasteiger partial charge in [-0.25, -0.2) is 0 Å². The van der Waals surface area contributed by atoms with Gasteiger partial charge in [-0.3, -0.25) is 0 Å². The van der Waals surface area contributed by atoms with Gasteiger partial charge in [0.05, 0.1) is 0 Å². The quantitative estimate of drug-likeness (QED) is 0.730. The molecule has 0 amide bonds. The van der Waals surface area contributed by atoms with Crippen LogP contribution in [0.5, 0.6) is 0 Å². The molecule has 1 saturated heterocycles. The summed E-state index contributed by atoms with van der Waals surface area (Å²) in [6.07, 6.45) is 5.21. The molecule has 1 unspecified atom stereocenters. The highest BCUT2D eigenvalue weighted by Crippen LogP contribution is 2.37. The van der Waals surface area contributed by atoms with Gasteiger partial charge in [0.15, 0.2) is 0 Å². The van der Waals surface area contributed by atoms with E-state index in [4.69, 9.17) is 11.6 Å². The van der Waals surface area contributed by atoms with E-state index in [1.807, 2.05) is 18.2 Å². The number of aliphatic hydroxyl groups excluding tert-OH is 1. The molecule has 128 valence electrons. The molecule has 2 nitrogen and oxygen atoms in total. The fourth-order valence-corrected chi connectivity index (χ4v) is 3.72. The smallest absolute Gasteiger partial charge is 0.0491 e. The van der Waals surface area contributed by atoms with Crippen molar-refractivity contribution in [2.24, 2.45) is 5.41 Å². The fraction of sp³-hybridized carbons (Fsp3) is 0.600. The largest absolute Gasteiger partial charge is 0.396 e. The highest BCUT2D eigenvalue weighted by Gasteiger charge is 2.35. The van der Waals surface area contributed by atoms with E-state index in [2.05, 4.69) is 31.4 Å². The molecule has 1 aromatic carbocycles. The molecule has 3 heteroatoms. The molecule has 1 atom stereocenters. The number of aliphatic hydroxyl groups is 1. The Morgan fingerprint density at radius 2 is 2.00 bits per heavy atom. The molecule has 1 heterocycles. The number of benzene rings is 1. The maximum atomic E-state index is 10.0. The normalized spacial score (nSPS) is 19.5. The van der Waals surface area contributed by atoms with E-state index in [0.29, 0.717) is 6.04 Å². The molecule has 0 radical (unpaired) electrons. The molecule has 0 bridgehead atoms. The van der Waals surface area contributed by atoms with E-state index in [0.717, 1.165) is 49.4 Å². The number of piperidine rings is 1. The molecule has 23 heavy (non-hydrogen) atoms. The van der Waals surface area contributed by atoms with Crippen LogP contribution in [0.15, 0.2) is 36.4 Å². The molecule has 1 N–H and O–H groups in total. The first-order valence-corrected chi connectivity index (χ1v) is 9.06. The first-order chi connectivity index (χ1) is 11.0. The van der Waals surface area contributed by atoms with Gasteiger partial charge >= 0.3 is 0 Å². The lowest BCUT2D eigenvalue weighted by molar-refractivity contribution is 0.0289. The van der Waals surface area contributed by atoms with Gasteiger partial charge in [-0.2, -0.15) is 0 Å². The van der Waals surface area contributed by atoms with Gasteiger partial charge < -0.3 is 10.0 Å². The molecule has 0 spiro atoms. The lowest BCUT2D eigenvalue weighted by Crippen LogP contribution is -2.46.